The van der Waals surface area contributed by atoms with Gasteiger partial charge in [0.15, 0.2) is 5.82 Å². The number of carbonyl (C=O) groups excluding carboxylic acids is 1. The van der Waals surface area contributed by atoms with Crippen LogP contribution in [0.1, 0.15) is 5.56 Å². The molecule has 0 aliphatic carbocycles. The van der Waals surface area contributed by atoms with Gasteiger partial charge in [-0.15, -0.1) is 5.10 Å². The summed E-state index contributed by atoms with van der Waals surface area (Å²) in [7, 11) is 0. The number of hydrogen-bond donors (Lipinski definition) is 2. The van der Waals surface area contributed by atoms with Gasteiger partial charge in [-0.2, -0.15) is 0 Å². The fraction of sp³-hybridized carbons (Fsp3) is 0.0870. The van der Waals surface area contributed by atoms with Crippen molar-refractivity contribution in [3.8, 4) is 22.5 Å². The summed E-state index contributed by atoms with van der Waals surface area (Å²) in [5, 5.41) is 10.6. The van der Waals surface area contributed by atoms with E-state index in [0.717, 1.165) is 22.4 Å². The Kier molecular flexibility index (Phi) is 5.72. The van der Waals surface area contributed by atoms with Crippen LogP contribution in [0.25, 0.3) is 22.5 Å². The molecule has 0 saturated heterocycles. The zero-order valence-corrected chi connectivity index (χ0v) is 16.7. The van der Waals surface area contributed by atoms with Gasteiger partial charge < -0.3 is 5.32 Å². The minimum absolute atomic E-state index is 0.0934. The lowest BCUT2D eigenvalue weighted by Crippen LogP contribution is -2.14. The van der Waals surface area contributed by atoms with E-state index in [1.807, 2.05) is 73.7 Å². The summed E-state index contributed by atoms with van der Waals surface area (Å²) >= 11 is 1.30. The highest BCUT2D eigenvalue weighted by molar-refractivity contribution is 7.99. The Labute approximate surface area is 173 Å². The van der Waals surface area contributed by atoms with Crippen molar-refractivity contribution in [1.82, 2.24) is 15.2 Å². The van der Waals surface area contributed by atoms with E-state index in [4.69, 9.17) is 0 Å². The quantitative estimate of drug-likeness (QED) is 0.438. The second kappa shape index (κ2) is 8.75. The summed E-state index contributed by atoms with van der Waals surface area (Å²) in [6, 6.07) is 26.0. The Morgan fingerprint density at radius 2 is 1.55 bits per heavy atom. The molecule has 4 rings (SSSR count). The van der Waals surface area contributed by atoms with Crippen LogP contribution < -0.4 is 5.32 Å². The molecule has 29 heavy (non-hydrogen) atoms. The van der Waals surface area contributed by atoms with Crippen LogP contribution in [-0.2, 0) is 4.79 Å². The minimum Gasteiger partial charge on any atom is -0.325 e. The van der Waals surface area contributed by atoms with E-state index in [0.29, 0.717) is 11.0 Å². The number of benzene rings is 3. The fourth-order valence-corrected chi connectivity index (χ4v) is 3.45. The first-order chi connectivity index (χ1) is 14.2. The Bertz CT molecular complexity index is 1090. The number of rotatable bonds is 6. The number of aromatic amines is 1. The first-order valence-corrected chi connectivity index (χ1v) is 10.2. The first kappa shape index (κ1) is 19.0. The molecule has 144 valence electrons. The van der Waals surface area contributed by atoms with E-state index in [1.54, 1.807) is 0 Å². The summed E-state index contributed by atoms with van der Waals surface area (Å²) in [5.41, 5.74) is 5.19. The lowest BCUT2D eigenvalue weighted by molar-refractivity contribution is -0.113. The van der Waals surface area contributed by atoms with E-state index < -0.39 is 0 Å². The van der Waals surface area contributed by atoms with Crippen LogP contribution in [0.2, 0.25) is 0 Å². The van der Waals surface area contributed by atoms with Crippen LogP contribution in [0.15, 0.2) is 84.0 Å². The molecule has 4 aromatic rings. The zero-order chi connectivity index (χ0) is 20.1. The van der Waals surface area contributed by atoms with Gasteiger partial charge in [0.05, 0.1) is 5.75 Å². The zero-order valence-electron chi connectivity index (χ0n) is 15.9. The molecule has 2 N–H and O–H groups in total. The number of thioether (sulfide) groups is 1. The molecule has 0 aliphatic heterocycles. The first-order valence-electron chi connectivity index (χ1n) is 9.25. The molecule has 0 atom stereocenters. The van der Waals surface area contributed by atoms with Crippen LogP contribution in [-0.4, -0.2) is 26.8 Å². The number of aryl methyl sites for hydroxylation is 1. The molecular formula is C23H20N4OS. The van der Waals surface area contributed by atoms with Crippen molar-refractivity contribution >= 4 is 23.4 Å². The van der Waals surface area contributed by atoms with Crippen molar-refractivity contribution in [2.75, 3.05) is 11.1 Å². The van der Waals surface area contributed by atoms with Crippen LogP contribution in [0.5, 0.6) is 0 Å². The number of aromatic nitrogens is 3. The van der Waals surface area contributed by atoms with E-state index >= 15 is 0 Å². The van der Waals surface area contributed by atoms with Crippen molar-refractivity contribution < 1.29 is 4.79 Å². The van der Waals surface area contributed by atoms with E-state index in [-0.39, 0.29) is 11.7 Å². The maximum atomic E-state index is 12.3. The Hall–Kier alpha value is -3.38. The van der Waals surface area contributed by atoms with Gasteiger partial charge in [-0.25, -0.2) is 4.98 Å². The van der Waals surface area contributed by atoms with Gasteiger partial charge in [-0.1, -0.05) is 84.1 Å². The van der Waals surface area contributed by atoms with Gasteiger partial charge in [-0.05, 0) is 30.2 Å². The van der Waals surface area contributed by atoms with Crippen molar-refractivity contribution in [3.05, 3.63) is 84.4 Å². The predicted octanol–water partition coefficient (Wildman–Crippen LogP) is 5.18. The molecule has 1 aromatic heterocycles. The van der Waals surface area contributed by atoms with Gasteiger partial charge in [0.25, 0.3) is 0 Å². The Morgan fingerprint density at radius 1 is 0.897 bits per heavy atom. The molecule has 0 unspecified atom stereocenters. The minimum atomic E-state index is -0.0934. The standard InChI is InChI=1S/C23H20N4OS/c1-16-7-9-19(10-8-16)22-25-23(27-26-22)29-15-21(28)24-20-13-11-18(12-14-20)17-5-3-2-4-6-17/h2-14H,15H2,1H3,(H,24,28)(H,25,26,27). The second-order valence-corrected chi connectivity index (χ2v) is 7.56. The molecule has 0 radical (unpaired) electrons. The smallest absolute Gasteiger partial charge is 0.234 e. The van der Waals surface area contributed by atoms with Gasteiger partial charge >= 0.3 is 0 Å². The summed E-state index contributed by atoms with van der Waals surface area (Å²) < 4.78 is 0. The molecule has 1 heterocycles. The summed E-state index contributed by atoms with van der Waals surface area (Å²) in [5.74, 6) is 0.847. The highest BCUT2D eigenvalue weighted by Gasteiger charge is 2.09. The molecule has 0 saturated carbocycles. The lowest BCUT2D eigenvalue weighted by Gasteiger charge is -2.06. The van der Waals surface area contributed by atoms with Gasteiger partial charge in [0.1, 0.15) is 0 Å². The number of carbonyl (C=O) groups is 1. The predicted molar refractivity (Wildman–Crippen MR) is 118 cm³/mol. The maximum Gasteiger partial charge on any atom is 0.234 e. The summed E-state index contributed by atoms with van der Waals surface area (Å²) in [6.45, 7) is 2.04. The number of amides is 1. The number of H-pyrrole nitrogens is 1. The molecule has 6 heteroatoms. The molecule has 1 amide bonds. The number of nitrogens with one attached hydrogen (secondary N) is 2. The van der Waals surface area contributed by atoms with Crippen LogP contribution in [0, 0.1) is 6.92 Å². The summed E-state index contributed by atoms with van der Waals surface area (Å²) in [6.07, 6.45) is 0. The highest BCUT2D eigenvalue weighted by atomic mass is 32.2. The van der Waals surface area contributed by atoms with Gasteiger partial charge in [-0.3, -0.25) is 9.89 Å². The number of anilines is 1. The van der Waals surface area contributed by atoms with Crippen molar-refractivity contribution in [2.45, 2.75) is 12.1 Å². The van der Waals surface area contributed by atoms with Crippen LogP contribution in [0.4, 0.5) is 5.69 Å². The monoisotopic (exact) mass is 400 g/mol. The van der Waals surface area contributed by atoms with Crippen LogP contribution in [0.3, 0.4) is 0 Å². The normalized spacial score (nSPS) is 10.7. The molecular weight excluding hydrogens is 380 g/mol. The van der Waals surface area contributed by atoms with E-state index in [9.17, 15) is 4.79 Å². The third-order valence-corrected chi connectivity index (χ3v) is 5.25. The van der Waals surface area contributed by atoms with Crippen molar-refractivity contribution in [2.24, 2.45) is 0 Å². The van der Waals surface area contributed by atoms with Gasteiger partial charge in [0, 0.05) is 11.3 Å². The number of hydrogen-bond acceptors (Lipinski definition) is 4. The Morgan fingerprint density at radius 3 is 2.28 bits per heavy atom. The topological polar surface area (TPSA) is 70.7 Å². The van der Waals surface area contributed by atoms with E-state index in [1.165, 1.54) is 17.3 Å². The average Bonchev–Trinajstić information content (AvgIpc) is 3.23. The fourth-order valence-electron chi connectivity index (χ4n) is 2.86. The lowest BCUT2D eigenvalue weighted by atomic mass is 10.1. The van der Waals surface area contributed by atoms with Crippen LogP contribution >= 0.6 is 11.8 Å². The van der Waals surface area contributed by atoms with Gasteiger partial charge in [0.2, 0.25) is 11.1 Å². The molecule has 5 nitrogen and oxygen atoms in total. The third-order valence-electron chi connectivity index (χ3n) is 4.40. The summed E-state index contributed by atoms with van der Waals surface area (Å²) in [4.78, 5) is 16.7. The Balaban J connectivity index is 1.32. The molecule has 0 fully saturated rings. The largest absolute Gasteiger partial charge is 0.325 e. The molecule has 0 aliphatic rings. The van der Waals surface area contributed by atoms with E-state index in [2.05, 4.69) is 32.6 Å². The molecule has 0 spiro atoms. The number of nitrogens with zero attached hydrogens (tertiary/aromatic N) is 2. The van der Waals surface area contributed by atoms with Crippen molar-refractivity contribution in [3.63, 3.8) is 0 Å². The molecule has 0 bridgehead atoms. The maximum absolute atomic E-state index is 12.3. The van der Waals surface area contributed by atoms with Crippen molar-refractivity contribution in [1.29, 1.82) is 0 Å². The SMILES string of the molecule is Cc1ccc(-c2nc(SCC(=O)Nc3ccc(-c4ccccc4)cc3)n[nH]2)cc1. The molecule has 3 aromatic carbocycles. The second-order valence-electron chi connectivity index (χ2n) is 6.61. The average molecular weight is 401 g/mol. The highest BCUT2D eigenvalue weighted by Crippen LogP contribution is 2.22. The third kappa shape index (κ3) is 4.92.